The third-order valence-electron chi connectivity index (χ3n) is 5.49. The quantitative estimate of drug-likeness (QED) is 0.494. The summed E-state index contributed by atoms with van der Waals surface area (Å²) in [4.78, 5) is 12.9. The molecular weight excluding hydrogens is 344 g/mol. The zero-order valence-corrected chi connectivity index (χ0v) is 16.3. The number of aromatic nitrogens is 1. The standard InChI is InChI=1S/C25H26N2O/c1-27-23-15-9-8-14-21(23)16-24(27)22(26-18-19-10-4-2-5-11-19)17-25(28)20-12-6-3-7-13-20/h2-7,10-13,16-17,26H,8-9,14-15,18H2,1H3/b22-17-. The molecule has 28 heavy (non-hydrogen) atoms. The smallest absolute Gasteiger partial charge is 0.187 e. The van der Waals surface area contributed by atoms with Crippen LogP contribution < -0.4 is 5.32 Å². The molecule has 3 nitrogen and oxygen atoms in total. The van der Waals surface area contributed by atoms with Crippen LogP contribution in [0.5, 0.6) is 0 Å². The Morgan fingerprint density at radius 3 is 2.39 bits per heavy atom. The topological polar surface area (TPSA) is 34.0 Å². The van der Waals surface area contributed by atoms with Gasteiger partial charge in [-0.05, 0) is 42.9 Å². The lowest BCUT2D eigenvalue weighted by Crippen LogP contribution is -2.16. The number of hydrogen-bond acceptors (Lipinski definition) is 2. The van der Waals surface area contributed by atoms with E-state index in [1.54, 1.807) is 6.08 Å². The van der Waals surface area contributed by atoms with E-state index in [1.165, 1.54) is 29.7 Å². The number of aryl methyl sites for hydroxylation is 1. The molecule has 0 saturated carbocycles. The van der Waals surface area contributed by atoms with Gasteiger partial charge in [-0.1, -0.05) is 60.7 Å². The summed E-state index contributed by atoms with van der Waals surface area (Å²) in [7, 11) is 2.12. The third-order valence-corrected chi connectivity index (χ3v) is 5.49. The molecule has 0 fully saturated rings. The summed E-state index contributed by atoms with van der Waals surface area (Å²) in [6, 6.07) is 22.0. The molecule has 0 radical (unpaired) electrons. The number of carbonyl (C=O) groups excluding carboxylic acids is 1. The van der Waals surface area contributed by atoms with Gasteiger partial charge in [0, 0.05) is 30.9 Å². The molecule has 142 valence electrons. The van der Waals surface area contributed by atoms with Crippen LogP contribution in [0.3, 0.4) is 0 Å². The number of carbonyl (C=O) groups is 1. The van der Waals surface area contributed by atoms with Gasteiger partial charge in [-0.15, -0.1) is 0 Å². The SMILES string of the molecule is Cn1c(/C(=C/C(=O)c2ccccc2)NCc2ccccc2)cc2c1CCCC2. The van der Waals surface area contributed by atoms with Gasteiger partial charge >= 0.3 is 0 Å². The summed E-state index contributed by atoms with van der Waals surface area (Å²) in [6.45, 7) is 0.685. The van der Waals surface area contributed by atoms with E-state index in [2.05, 4.69) is 35.1 Å². The first-order chi connectivity index (χ1) is 13.7. The summed E-state index contributed by atoms with van der Waals surface area (Å²) >= 11 is 0. The van der Waals surface area contributed by atoms with Crippen LogP contribution in [0.4, 0.5) is 0 Å². The second-order valence-corrected chi connectivity index (χ2v) is 7.40. The lowest BCUT2D eigenvalue weighted by molar-refractivity contribution is 0.104. The van der Waals surface area contributed by atoms with Crippen molar-refractivity contribution in [1.82, 2.24) is 9.88 Å². The first-order valence-corrected chi connectivity index (χ1v) is 9.99. The van der Waals surface area contributed by atoms with Gasteiger partial charge in [-0.25, -0.2) is 0 Å². The van der Waals surface area contributed by atoms with Gasteiger partial charge in [0.1, 0.15) is 0 Å². The molecule has 0 bridgehead atoms. The van der Waals surface area contributed by atoms with Crippen LogP contribution in [0.25, 0.3) is 5.70 Å². The molecule has 3 heteroatoms. The zero-order valence-electron chi connectivity index (χ0n) is 16.3. The van der Waals surface area contributed by atoms with E-state index in [-0.39, 0.29) is 5.78 Å². The van der Waals surface area contributed by atoms with Gasteiger partial charge in [0.2, 0.25) is 0 Å². The van der Waals surface area contributed by atoms with E-state index in [0.717, 1.165) is 24.2 Å². The summed E-state index contributed by atoms with van der Waals surface area (Å²) in [6.07, 6.45) is 6.48. The van der Waals surface area contributed by atoms with Crippen molar-refractivity contribution in [3.8, 4) is 0 Å². The summed E-state index contributed by atoms with van der Waals surface area (Å²) in [5, 5.41) is 3.52. The molecule has 1 N–H and O–H groups in total. The monoisotopic (exact) mass is 370 g/mol. The van der Waals surface area contributed by atoms with E-state index >= 15 is 0 Å². The Morgan fingerprint density at radius 1 is 1.00 bits per heavy atom. The summed E-state index contributed by atoms with van der Waals surface area (Å²) in [5.41, 5.74) is 6.70. The largest absolute Gasteiger partial charge is 0.379 e. The van der Waals surface area contributed by atoms with Crippen molar-refractivity contribution in [1.29, 1.82) is 0 Å². The number of nitrogens with one attached hydrogen (secondary N) is 1. The second kappa shape index (κ2) is 8.30. The highest BCUT2D eigenvalue weighted by molar-refractivity contribution is 6.08. The highest BCUT2D eigenvalue weighted by Gasteiger charge is 2.19. The maximum atomic E-state index is 12.9. The number of benzene rings is 2. The van der Waals surface area contributed by atoms with Crippen molar-refractivity contribution in [3.63, 3.8) is 0 Å². The van der Waals surface area contributed by atoms with E-state index in [4.69, 9.17) is 0 Å². The maximum Gasteiger partial charge on any atom is 0.187 e. The van der Waals surface area contributed by atoms with E-state index in [9.17, 15) is 4.79 Å². The van der Waals surface area contributed by atoms with Crippen LogP contribution in [0.2, 0.25) is 0 Å². The van der Waals surface area contributed by atoms with Crippen molar-refractivity contribution < 1.29 is 4.79 Å². The van der Waals surface area contributed by atoms with Crippen LogP contribution in [0.1, 0.15) is 45.7 Å². The molecule has 0 spiro atoms. The van der Waals surface area contributed by atoms with Crippen LogP contribution in [0, 0.1) is 0 Å². The van der Waals surface area contributed by atoms with Crippen molar-refractivity contribution in [3.05, 3.63) is 101 Å². The van der Waals surface area contributed by atoms with Gasteiger partial charge < -0.3 is 9.88 Å². The summed E-state index contributed by atoms with van der Waals surface area (Å²) < 4.78 is 2.26. The fourth-order valence-corrected chi connectivity index (χ4v) is 3.94. The van der Waals surface area contributed by atoms with Crippen molar-refractivity contribution in [2.75, 3.05) is 0 Å². The lowest BCUT2D eigenvalue weighted by Gasteiger charge is -2.15. The predicted octanol–water partition coefficient (Wildman–Crippen LogP) is 4.92. The molecule has 0 atom stereocenters. The van der Waals surface area contributed by atoms with Crippen LogP contribution >= 0.6 is 0 Å². The Balaban J connectivity index is 1.68. The number of hydrogen-bond donors (Lipinski definition) is 1. The average molecular weight is 370 g/mol. The van der Waals surface area contributed by atoms with Crippen LogP contribution in [0.15, 0.2) is 72.8 Å². The molecule has 1 heterocycles. The Labute approximate surface area is 166 Å². The summed E-state index contributed by atoms with van der Waals surface area (Å²) in [5.74, 6) is 0.0235. The number of nitrogens with zero attached hydrogens (tertiary/aromatic N) is 1. The molecule has 3 aromatic rings. The Bertz CT molecular complexity index is 984. The number of fused-ring (bicyclic) bond motifs is 1. The van der Waals surface area contributed by atoms with Gasteiger partial charge in [-0.2, -0.15) is 0 Å². The first kappa shape index (κ1) is 18.3. The molecular formula is C25H26N2O. The first-order valence-electron chi connectivity index (χ1n) is 9.99. The maximum absolute atomic E-state index is 12.9. The van der Waals surface area contributed by atoms with Crippen molar-refractivity contribution in [2.24, 2.45) is 7.05 Å². The normalized spacial score (nSPS) is 13.8. The highest BCUT2D eigenvalue weighted by atomic mass is 16.1. The molecule has 0 saturated heterocycles. The molecule has 2 aromatic carbocycles. The fraction of sp³-hybridized carbons (Fsp3) is 0.240. The molecule has 4 rings (SSSR count). The predicted molar refractivity (Wildman–Crippen MR) is 114 cm³/mol. The van der Waals surface area contributed by atoms with Gasteiger partial charge in [0.25, 0.3) is 0 Å². The van der Waals surface area contributed by atoms with E-state index in [0.29, 0.717) is 12.1 Å². The Kier molecular flexibility index (Phi) is 5.43. The van der Waals surface area contributed by atoms with Gasteiger partial charge in [0.15, 0.2) is 5.78 Å². The van der Waals surface area contributed by atoms with E-state index in [1.807, 2.05) is 48.5 Å². The lowest BCUT2D eigenvalue weighted by atomic mass is 9.98. The minimum atomic E-state index is 0.0235. The minimum Gasteiger partial charge on any atom is -0.379 e. The number of allylic oxidation sites excluding steroid dienone is 1. The van der Waals surface area contributed by atoms with Crippen LogP contribution in [-0.2, 0) is 26.4 Å². The molecule has 1 aromatic heterocycles. The number of ketones is 1. The van der Waals surface area contributed by atoms with Crippen LogP contribution in [-0.4, -0.2) is 10.4 Å². The zero-order chi connectivity index (χ0) is 19.3. The third kappa shape index (κ3) is 3.94. The van der Waals surface area contributed by atoms with Gasteiger partial charge in [-0.3, -0.25) is 4.79 Å². The molecule has 0 amide bonds. The average Bonchev–Trinajstić information content (AvgIpc) is 3.09. The molecule has 0 unspecified atom stereocenters. The van der Waals surface area contributed by atoms with Gasteiger partial charge in [0.05, 0.1) is 11.4 Å². The van der Waals surface area contributed by atoms with Crippen molar-refractivity contribution >= 4 is 11.5 Å². The van der Waals surface area contributed by atoms with E-state index < -0.39 is 0 Å². The fourth-order valence-electron chi connectivity index (χ4n) is 3.94. The highest BCUT2D eigenvalue weighted by Crippen LogP contribution is 2.27. The number of rotatable bonds is 6. The molecule has 1 aliphatic rings. The van der Waals surface area contributed by atoms with Crippen molar-refractivity contribution in [2.45, 2.75) is 32.2 Å². The molecule has 0 aliphatic heterocycles. The Morgan fingerprint density at radius 2 is 1.68 bits per heavy atom. The molecule has 1 aliphatic carbocycles. The Hall–Kier alpha value is -3.07. The second-order valence-electron chi connectivity index (χ2n) is 7.40. The minimum absolute atomic E-state index is 0.0235.